The van der Waals surface area contributed by atoms with Gasteiger partial charge in [-0.15, -0.1) is 29.8 Å². The summed E-state index contributed by atoms with van der Waals surface area (Å²) in [6.07, 6.45) is 1.63. The van der Waals surface area contributed by atoms with Crippen molar-refractivity contribution in [2.45, 2.75) is 20.8 Å². The van der Waals surface area contributed by atoms with Gasteiger partial charge in [-0.05, 0) is 67.8 Å². The molecule has 1 aliphatic rings. The number of hydrogen-bond acceptors (Lipinski definition) is 3. The minimum absolute atomic E-state index is 0.151. The lowest BCUT2D eigenvalue weighted by Gasteiger charge is -2.14. The fourth-order valence-corrected chi connectivity index (χ4v) is 6.23. The zero-order valence-corrected chi connectivity index (χ0v) is 22.1. The van der Waals surface area contributed by atoms with Crippen molar-refractivity contribution in [1.29, 1.82) is 0 Å². The quantitative estimate of drug-likeness (QED) is 0.201. The molecule has 1 aliphatic carbocycles. The maximum absolute atomic E-state index is 15.1. The van der Waals surface area contributed by atoms with Gasteiger partial charge in [-0.1, -0.05) is 0 Å². The molecule has 2 unspecified atom stereocenters. The van der Waals surface area contributed by atoms with Crippen LogP contribution in [-0.2, 0) is 7.05 Å². The lowest BCUT2D eigenvalue weighted by Crippen LogP contribution is -2.19. The second kappa shape index (κ2) is 8.02. The van der Waals surface area contributed by atoms with Crippen molar-refractivity contribution in [2.24, 2.45) is 7.05 Å². The van der Waals surface area contributed by atoms with Crippen LogP contribution in [-0.4, -0.2) is 16.1 Å². The molecular weight excluding hydrogens is 490 g/mol. The fraction of sp³-hybridized carbons (Fsp3) is 0.154. The number of allylic oxidation sites excluding steroid dienone is 1. The Balaban J connectivity index is 1.60. The number of rotatable bonds is 2. The molecule has 4 aromatic rings. The van der Waals surface area contributed by atoms with Crippen molar-refractivity contribution in [3.8, 4) is 11.3 Å². The van der Waals surface area contributed by atoms with Crippen molar-refractivity contribution in [2.75, 3.05) is 0 Å². The van der Waals surface area contributed by atoms with Crippen LogP contribution in [0.1, 0.15) is 42.3 Å². The van der Waals surface area contributed by atoms with Crippen LogP contribution in [0.25, 0.3) is 27.6 Å². The lowest BCUT2D eigenvalue weighted by molar-refractivity contribution is 0.0990. The monoisotopic (exact) mass is 511 g/mol. The van der Waals surface area contributed by atoms with Gasteiger partial charge in [-0.3, -0.25) is 9.59 Å². The van der Waals surface area contributed by atoms with E-state index in [0.717, 1.165) is 26.2 Å². The summed E-state index contributed by atoms with van der Waals surface area (Å²) in [7, 11) is 6.38. The van der Waals surface area contributed by atoms with Gasteiger partial charge < -0.3 is 4.57 Å². The largest absolute Gasteiger partial charge is 0.343 e. The summed E-state index contributed by atoms with van der Waals surface area (Å²) < 4.78 is 32.5. The number of carbonyl (C=O) groups excluding carboxylic acids is 2. The standard InChI is InChI=1S/C26H21F2NO2P2S/c1-10-5-14-15(6-11(10)2)24(31)16(23(14)30)7-13-8-17-19(34-13)9-18(29(17)4)20-22(28)25(32)12(3)21(27)26(20)33/h5-9H,32-33H2,1-4H3. The molecule has 172 valence electrons. The third-order valence-corrected chi connectivity index (χ3v) is 8.85. The Hall–Kier alpha value is -2.52. The van der Waals surface area contributed by atoms with Crippen LogP contribution in [0.4, 0.5) is 8.78 Å². The molecule has 2 aromatic heterocycles. The number of ketones is 2. The Morgan fingerprint density at radius 3 is 2.03 bits per heavy atom. The average Bonchev–Trinajstić information content (AvgIpc) is 3.40. The van der Waals surface area contributed by atoms with E-state index in [2.05, 4.69) is 18.5 Å². The molecule has 34 heavy (non-hydrogen) atoms. The highest BCUT2D eigenvalue weighted by Gasteiger charge is 2.33. The van der Waals surface area contributed by atoms with Crippen LogP contribution in [0.15, 0.2) is 29.8 Å². The Morgan fingerprint density at radius 2 is 1.47 bits per heavy atom. The number of hydrogen-bond donors (Lipinski definition) is 0. The molecule has 0 fully saturated rings. The number of aromatic nitrogens is 1. The number of benzene rings is 2. The molecule has 0 N–H and O–H groups in total. The molecule has 0 saturated heterocycles. The number of carbonyl (C=O) groups is 2. The third kappa shape index (κ3) is 3.27. The lowest BCUT2D eigenvalue weighted by atomic mass is 10.0. The fourth-order valence-electron chi connectivity index (χ4n) is 4.40. The average molecular weight is 511 g/mol. The summed E-state index contributed by atoms with van der Waals surface area (Å²) in [4.78, 5) is 26.6. The summed E-state index contributed by atoms with van der Waals surface area (Å²) in [5, 5.41) is 0.388. The van der Waals surface area contributed by atoms with Gasteiger partial charge in [0, 0.05) is 39.2 Å². The van der Waals surface area contributed by atoms with Gasteiger partial charge in [0.1, 0.15) is 11.6 Å². The molecule has 0 saturated carbocycles. The van der Waals surface area contributed by atoms with E-state index in [1.54, 1.807) is 36.7 Å². The van der Waals surface area contributed by atoms with Crippen LogP contribution in [0.5, 0.6) is 0 Å². The Bertz CT molecular complexity index is 1560. The molecule has 2 aromatic carbocycles. The first kappa shape index (κ1) is 23.2. The molecule has 5 rings (SSSR count). The topological polar surface area (TPSA) is 39.1 Å². The second-order valence-corrected chi connectivity index (χ2v) is 10.9. The van der Waals surface area contributed by atoms with Crippen LogP contribution in [0.3, 0.4) is 0 Å². The van der Waals surface area contributed by atoms with Crippen molar-refractivity contribution < 1.29 is 18.4 Å². The number of Topliss-reactive ketones (excluding diaryl/α,β-unsaturated/α-hetero) is 2. The second-order valence-electron chi connectivity index (χ2n) is 8.64. The highest BCUT2D eigenvalue weighted by Crippen LogP contribution is 2.37. The van der Waals surface area contributed by atoms with Gasteiger partial charge in [0.15, 0.2) is 11.6 Å². The van der Waals surface area contributed by atoms with E-state index in [4.69, 9.17) is 0 Å². The first-order valence-electron chi connectivity index (χ1n) is 10.6. The number of halogens is 2. The Morgan fingerprint density at radius 1 is 0.882 bits per heavy atom. The van der Waals surface area contributed by atoms with Crippen molar-refractivity contribution >= 4 is 68.3 Å². The summed E-state index contributed by atoms with van der Waals surface area (Å²) in [6.45, 7) is 5.39. The van der Waals surface area contributed by atoms with E-state index >= 15 is 4.39 Å². The number of thiophene rings is 1. The molecule has 2 atom stereocenters. The van der Waals surface area contributed by atoms with Crippen LogP contribution in [0, 0.1) is 32.4 Å². The van der Waals surface area contributed by atoms with Crippen LogP contribution >= 0.6 is 29.8 Å². The summed E-state index contributed by atoms with van der Waals surface area (Å²) in [6, 6.07) is 7.23. The van der Waals surface area contributed by atoms with E-state index in [1.807, 2.05) is 26.0 Å². The Kier molecular flexibility index (Phi) is 5.48. The van der Waals surface area contributed by atoms with Gasteiger partial charge in [0.2, 0.25) is 0 Å². The predicted molar refractivity (Wildman–Crippen MR) is 142 cm³/mol. The SMILES string of the molecule is Cc1cc2c(cc1C)C(=O)C(=Cc1cc3c(cc(-c4c(F)c(P)c(C)c(F)c4P)n3C)s1)C2=O. The Labute approximate surface area is 204 Å². The molecule has 0 bridgehead atoms. The smallest absolute Gasteiger partial charge is 0.197 e. The molecular formula is C26H21F2NO2P2S. The molecule has 0 aliphatic heterocycles. The summed E-state index contributed by atoms with van der Waals surface area (Å²) >= 11 is 1.40. The number of fused-ring (bicyclic) bond motifs is 2. The highest BCUT2D eigenvalue weighted by atomic mass is 32.1. The first-order chi connectivity index (χ1) is 16.0. The van der Waals surface area contributed by atoms with E-state index in [0.29, 0.717) is 16.8 Å². The van der Waals surface area contributed by atoms with Gasteiger partial charge in [0.25, 0.3) is 0 Å². The maximum Gasteiger partial charge on any atom is 0.197 e. The molecule has 0 radical (unpaired) electrons. The molecule has 0 spiro atoms. The van der Waals surface area contributed by atoms with Gasteiger partial charge >= 0.3 is 0 Å². The van der Waals surface area contributed by atoms with E-state index < -0.39 is 11.6 Å². The van der Waals surface area contributed by atoms with Gasteiger partial charge in [-0.2, -0.15) is 0 Å². The van der Waals surface area contributed by atoms with Crippen LogP contribution in [0.2, 0.25) is 0 Å². The van der Waals surface area contributed by atoms with Crippen molar-refractivity contribution in [3.63, 3.8) is 0 Å². The predicted octanol–water partition coefficient (Wildman–Crippen LogP) is 5.57. The zero-order chi connectivity index (χ0) is 24.6. The van der Waals surface area contributed by atoms with E-state index in [9.17, 15) is 14.0 Å². The van der Waals surface area contributed by atoms with Crippen molar-refractivity contribution in [3.05, 3.63) is 74.2 Å². The molecule has 3 nitrogen and oxygen atoms in total. The highest BCUT2D eigenvalue weighted by molar-refractivity contribution is 7.29. The van der Waals surface area contributed by atoms with Gasteiger partial charge in [-0.25, -0.2) is 8.78 Å². The molecule has 8 heteroatoms. The van der Waals surface area contributed by atoms with Gasteiger partial charge in [0.05, 0.1) is 21.5 Å². The van der Waals surface area contributed by atoms with Crippen LogP contribution < -0.4 is 10.6 Å². The number of nitrogens with zero attached hydrogens (tertiary/aromatic N) is 1. The normalized spacial score (nSPS) is 13.4. The van der Waals surface area contributed by atoms with E-state index in [1.165, 1.54) is 11.3 Å². The minimum atomic E-state index is -0.477. The molecule has 0 amide bonds. The first-order valence-corrected chi connectivity index (χ1v) is 12.5. The number of aryl methyl sites for hydroxylation is 3. The van der Waals surface area contributed by atoms with E-state index in [-0.39, 0.29) is 38.9 Å². The van der Waals surface area contributed by atoms with Crippen molar-refractivity contribution in [1.82, 2.24) is 4.57 Å². The maximum atomic E-state index is 15.1. The summed E-state index contributed by atoms with van der Waals surface area (Å²) in [5.41, 5.74) is 4.81. The zero-order valence-electron chi connectivity index (χ0n) is 19.0. The molecule has 2 heterocycles. The third-order valence-electron chi connectivity index (χ3n) is 6.60. The summed E-state index contributed by atoms with van der Waals surface area (Å²) in [5.74, 6) is -1.46. The minimum Gasteiger partial charge on any atom is -0.343 e.